The van der Waals surface area contributed by atoms with E-state index in [1.165, 1.54) is 16.7 Å². The topological polar surface area (TPSA) is 58.6 Å². The summed E-state index contributed by atoms with van der Waals surface area (Å²) in [7, 11) is 1.60. The molecule has 1 heterocycles. The summed E-state index contributed by atoms with van der Waals surface area (Å²) >= 11 is 9.91. The molecule has 0 radical (unpaired) electrons. The van der Waals surface area contributed by atoms with E-state index in [1.54, 1.807) is 25.3 Å². The Morgan fingerprint density at radius 2 is 2.04 bits per heavy atom. The van der Waals surface area contributed by atoms with Crippen LogP contribution in [0.1, 0.15) is 12.0 Å². The van der Waals surface area contributed by atoms with Gasteiger partial charge in [0.15, 0.2) is 0 Å². The molecule has 1 N–H and O–H groups in total. The van der Waals surface area contributed by atoms with Crippen molar-refractivity contribution < 1.29 is 14.3 Å². The third-order valence-corrected chi connectivity index (χ3v) is 5.86. The van der Waals surface area contributed by atoms with Gasteiger partial charge in [-0.25, -0.2) is 0 Å². The number of hydrogen-bond donors (Lipinski definition) is 1. The van der Waals surface area contributed by atoms with Crippen LogP contribution < -0.4 is 10.1 Å². The number of hydrogen-bond acceptors (Lipinski definition) is 5. The third kappa shape index (κ3) is 5.21. The maximum absolute atomic E-state index is 12.7. The molecule has 1 aliphatic heterocycles. The van der Waals surface area contributed by atoms with Gasteiger partial charge in [0, 0.05) is 23.1 Å². The summed E-state index contributed by atoms with van der Waals surface area (Å²) in [6.07, 6.45) is 1.94. The Morgan fingerprint density at radius 3 is 2.75 bits per heavy atom. The molecule has 2 amide bonds. The fraction of sp³-hybridized carbons (Fsp3) is 0.150. The number of halogens is 1. The van der Waals surface area contributed by atoms with Gasteiger partial charge in [0.25, 0.3) is 5.91 Å². The van der Waals surface area contributed by atoms with E-state index in [4.69, 9.17) is 17.0 Å². The Balaban J connectivity index is 1.61. The predicted molar refractivity (Wildman–Crippen MR) is 120 cm³/mol. The first-order chi connectivity index (χ1) is 13.5. The molecule has 144 valence electrons. The van der Waals surface area contributed by atoms with E-state index in [9.17, 15) is 9.59 Å². The van der Waals surface area contributed by atoms with Gasteiger partial charge in [0.1, 0.15) is 10.1 Å². The first kappa shape index (κ1) is 20.6. The van der Waals surface area contributed by atoms with Gasteiger partial charge in [-0.05, 0) is 48.0 Å². The molecule has 0 bridgehead atoms. The number of ether oxygens (including phenoxy) is 1. The van der Waals surface area contributed by atoms with Crippen LogP contribution >= 0.6 is 39.9 Å². The van der Waals surface area contributed by atoms with E-state index in [2.05, 4.69) is 21.2 Å². The first-order valence-electron chi connectivity index (χ1n) is 8.41. The summed E-state index contributed by atoms with van der Waals surface area (Å²) in [6, 6.07) is 14.7. The minimum absolute atomic E-state index is 0.162. The molecule has 1 aliphatic rings. The van der Waals surface area contributed by atoms with Crippen LogP contribution in [0.4, 0.5) is 5.69 Å². The number of anilines is 1. The van der Waals surface area contributed by atoms with Gasteiger partial charge in [0.05, 0.1) is 12.0 Å². The molecule has 2 aromatic rings. The Morgan fingerprint density at radius 1 is 1.29 bits per heavy atom. The summed E-state index contributed by atoms with van der Waals surface area (Å²) in [6.45, 7) is 0.239. The lowest BCUT2D eigenvalue weighted by Crippen LogP contribution is -2.31. The monoisotopic (exact) mass is 476 g/mol. The van der Waals surface area contributed by atoms with Crippen molar-refractivity contribution in [1.82, 2.24) is 4.90 Å². The van der Waals surface area contributed by atoms with Crippen LogP contribution in [0, 0.1) is 0 Å². The summed E-state index contributed by atoms with van der Waals surface area (Å²) in [5, 5.41) is 2.81. The molecule has 1 saturated heterocycles. The van der Waals surface area contributed by atoms with Gasteiger partial charge in [0.2, 0.25) is 5.91 Å². The number of thioether (sulfide) groups is 1. The molecule has 28 heavy (non-hydrogen) atoms. The van der Waals surface area contributed by atoms with Crippen molar-refractivity contribution in [1.29, 1.82) is 0 Å². The molecule has 0 aromatic heterocycles. The van der Waals surface area contributed by atoms with E-state index in [1.807, 2.05) is 36.4 Å². The van der Waals surface area contributed by atoms with Crippen molar-refractivity contribution in [3.8, 4) is 5.75 Å². The summed E-state index contributed by atoms with van der Waals surface area (Å²) in [5.41, 5.74) is 1.56. The van der Waals surface area contributed by atoms with Gasteiger partial charge in [-0.3, -0.25) is 14.5 Å². The third-order valence-electron chi connectivity index (χ3n) is 3.96. The fourth-order valence-corrected chi connectivity index (χ4v) is 4.12. The molecule has 0 spiro atoms. The molecule has 0 atom stereocenters. The van der Waals surface area contributed by atoms with Crippen molar-refractivity contribution in [2.24, 2.45) is 0 Å². The standard InChI is InChI=1S/C20H17BrN2O3S2/c1-26-16-4-2-3-13(11-16)12-17-19(25)23(20(27)28-17)10-9-18(24)22-15-7-5-14(21)6-8-15/h2-8,11-12H,9-10H2,1H3,(H,22,24)/b17-12-. The first-order valence-corrected chi connectivity index (χ1v) is 10.4. The van der Waals surface area contributed by atoms with E-state index in [-0.39, 0.29) is 24.8 Å². The minimum atomic E-state index is -0.186. The SMILES string of the molecule is COc1cccc(/C=C2\SC(=S)N(CCC(=O)Nc3ccc(Br)cc3)C2=O)c1. The highest BCUT2D eigenvalue weighted by Gasteiger charge is 2.32. The van der Waals surface area contributed by atoms with Gasteiger partial charge < -0.3 is 10.1 Å². The van der Waals surface area contributed by atoms with Gasteiger partial charge >= 0.3 is 0 Å². The van der Waals surface area contributed by atoms with E-state index < -0.39 is 0 Å². The zero-order valence-corrected chi connectivity index (χ0v) is 18.2. The maximum Gasteiger partial charge on any atom is 0.266 e. The maximum atomic E-state index is 12.7. The van der Waals surface area contributed by atoms with Crippen molar-refractivity contribution >= 4 is 67.8 Å². The van der Waals surface area contributed by atoms with E-state index in [0.29, 0.717) is 20.7 Å². The number of rotatable bonds is 6. The Labute approximate surface area is 181 Å². The van der Waals surface area contributed by atoms with Crippen molar-refractivity contribution in [2.45, 2.75) is 6.42 Å². The zero-order valence-electron chi connectivity index (χ0n) is 15.0. The smallest absolute Gasteiger partial charge is 0.266 e. The van der Waals surface area contributed by atoms with Crippen LogP contribution in [0.25, 0.3) is 6.08 Å². The Hall–Kier alpha value is -2.16. The summed E-state index contributed by atoms with van der Waals surface area (Å²) in [4.78, 5) is 26.8. The highest BCUT2D eigenvalue weighted by atomic mass is 79.9. The second kappa shape index (κ2) is 9.36. The lowest BCUT2D eigenvalue weighted by Gasteiger charge is -2.14. The fourth-order valence-electron chi connectivity index (χ4n) is 2.55. The number of amides is 2. The molecule has 0 saturated carbocycles. The van der Waals surface area contributed by atoms with Crippen LogP contribution in [0.3, 0.4) is 0 Å². The highest BCUT2D eigenvalue weighted by Crippen LogP contribution is 2.33. The number of methoxy groups -OCH3 is 1. The molecule has 8 heteroatoms. The van der Waals surface area contributed by atoms with E-state index in [0.717, 1.165) is 10.0 Å². The number of nitrogens with zero attached hydrogens (tertiary/aromatic N) is 1. The lowest BCUT2D eigenvalue weighted by molar-refractivity contribution is -0.122. The molecular formula is C20H17BrN2O3S2. The largest absolute Gasteiger partial charge is 0.497 e. The molecule has 1 fully saturated rings. The average molecular weight is 477 g/mol. The van der Waals surface area contributed by atoms with Crippen LogP contribution in [0.15, 0.2) is 57.9 Å². The van der Waals surface area contributed by atoms with E-state index >= 15 is 0 Å². The predicted octanol–water partition coefficient (Wildman–Crippen LogP) is 4.69. The van der Waals surface area contributed by atoms with Crippen molar-refractivity contribution in [3.05, 3.63) is 63.5 Å². The second-order valence-electron chi connectivity index (χ2n) is 5.92. The summed E-state index contributed by atoms with van der Waals surface area (Å²) in [5.74, 6) is 0.358. The number of benzene rings is 2. The Bertz CT molecular complexity index is 945. The van der Waals surface area contributed by atoms with Gasteiger partial charge in [-0.15, -0.1) is 0 Å². The number of carbonyl (C=O) groups excluding carboxylic acids is 2. The average Bonchev–Trinajstić information content (AvgIpc) is 2.95. The quantitative estimate of drug-likeness (QED) is 0.484. The number of carbonyl (C=O) groups is 2. The lowest BCUT2D eigenvalue weighted by atomic mass is 10.2. The molecule has 3 rings (SSSR count). The van der Waals surface area contributed by atoms with Crippen LogP contribution in [-0.4, -0.2) is 34.7 Å². The zero-order chi connectivity index (χ0) is 20.1. The number of thiocarbonyl (C=S) groups is 1. The normalized spacial score (nSPS) is 15.2. The molecular weight excluding hydrogens is 460 g/mol. The van der Waals surface area contributed by atoms with Crippen molar-refractivity contribution in [3.63, 3.8) is 0 Å². The molecule has 2 aromatic carbocycles. The summed E-state index contributed by atoms with van der Waals surface area (Å²) < 4.78 is 6.59. The highest BCUT2D eigenvalue weighted by molar-refractivity contribution is 9.10. The Kier molecular flexibility index (Phi) is 6.88. The minimum Gasteiger partial charge on any atom is -0.497 e. The number of nitrogens with one attached hydrogen (secondary N) is 1. The van der Waals surface area contributed by atoms with Crippen LogP contribution in [0.2, 0.25) is 0 Å². The molecule has 5 nitrogen and oxygen atoms in total. The van der Waals surface area contributed by atoms with Crippen LogP contribution in [0.5, 0.6) is 5.75 Å². The van der Waals surface area contributed by atoms with Gasteiger partial charge in [-0.1, -0.05) is 52.0 Å². The molecule has 0 unspecified atom stereocenters. The van der Waals surface area contributed by atoms with Gasteiger partial charge in [-0.2, -0.15) is 0 Å². The van der Waals surface area contributed by atoms with Crippen LogP contribution in [-0.2, 0) is 9.59 Å². The van der Waals surface area contributed by atoms with Crippen molar-refractivity contribution in [2.75, 3.05) is 19.0 Å². The molecule has 0 aliphatic carbocycles. The second-order valence-corrected chi connectivity index (χ2v) is 8.51.